The molecule has 1 saturated heterocycles. The Hall–Kier alpha value is -1.79. The van der Waals surface area contributed by atoms with Crippen LogP contribution in [0, 0.1) is 5.92 Å². The Morgan fingerprint density at radius 3 is 3.00 bits per heavy atom. The lowest BCUT2D eigenvalue weighted by molar-refractivity contribution is -0.121. The summed E-state index contributed by atoms with van der Waals surface area (Å²) < 4.78 is 0. The van der Waals surface area contributed by atoms with E-state index in [4.69, 9.17) is 0 Å². The molecule has 3 heterocycles. The van der Waals surface area contributed by atoms with E-state index in [0.29, 0.717) is 5.13 Å². The first kappa shape index (κ1) is 15.1. The number of nitrogens with zero attached hydrogens (tertiary/aromatic N) is 3. The van der Waals surface area contributed by atoms with E-state index in [1.807, 2.05) is 17.8 Å². The fourth-order valence-electron chi connectivity index (χ4n) is 2.80. The van der Waals surface area contributed by atoms with Crippen molar-refractivity contribution in [1.29, 1.82) is 0 Å². The first-order valence-electron chi connectivity index (χ1n) is 7.63. The molecule has 1 amide bonds. The summed E-state index contributed by atoms with van der Waals surface area (Å²) in [6.07, 6.45) is 8.41. The summed E-state index contributed by atoms with van der Waals surface area (Å²) in [6.45, 7) is 2.90. The smallest absolute Gasteiger partial charge is 0.230 e. The molecule has 2 aromatic rings. The van der Waals surface area contributed by atoms with Gasteiger partial charge in [-0.05, 0) is 43.5 Å². The van der Waals surface area contributed by atoms with E-state index in [1.165, 1.54) is 16.9 Å². The third kappa shape index (κ3) is 4.11. The van der Waals surface area contributed by atoms with Gasteiger partial charge in [0.05, 0.1) is 5.92 Å². The van der Waals surface area contributed by atoms with Crippen molar-refractivity contribution in [3.63, 3.8) is 0 Å². The van der Waals surface area contributed by atoms with Crippen LogP contribution in [-0.4, -0.2) is 40.4 Å². The second-order valence-electron chi connectivity index (χ2n) is 5.57. The largest absolute Gasteiger partial charge is 0.302 e. The highest BCUT2D eigenvalue weighted by Gasteiger charge is 2.25. The van der Waals surface area contributed by atoms with Crippen LogP contribution in [0.5, 0.6) is 0 Å². The minimum Gasteiger partial charge on any atom is -0.302 e. The summed E-state index contributed by atoms with van der Waals surface area (Å²) in [5.74, 6) is 0.165. The van der Waals surface area contributed by atoms with Crippen LogP contribution in [0.15, 0.2) is 36.1 Å². The van der Waals surface area contributed by atoms with Gasteiger partial charge in [-0.1, -0.05) is 0 Å². The number of thiazole rings is 1. The number of rotatable bonds is 5. The van der Waals surface area contributed by atoms with Crippen molar-refractivity contribution in [2.75, 3.05) is 25.0 Å². The van der Waals surface area contributed by atoms with E-state index in [1.54, 1.807) is 6.20 Å². The second-order valence-corrected chi connectivity index (χ2v) is 6.47. The number of amides is 1. The second kappa shape index (κ2) is 7.47. The molecule has 1 N–H and O–H groups in total. The molecule has 0 saturated carbocycles. The highest BCUT2D eigenvalue weighted by molar-refractivity contribution is 7.13. The van der Waals surface area contributed by atoms with Crippen LogP contribution in [-0.2, 0) is 11.2 Å². The van der Waals surface area contributed by atoms with Gasteiger partial charge in [-0.25, -0.2) is 4.98 Å². The van der Waals surface area contributed by atoms with Crippen LogP contribution in [0.3, 0.4) is 0 Å². The number of carbonyl (C=O) groups excluding carboxylic acids is 1. The SMILES string of the molecule is O=C(Nc1nccs1)C1CCCN(CCc2ccncc2)C1. The molecular formula is C16H20N4OS. The molecule has 116 valence electrons. The number of hydrogen-bond donors (Lipinski definition) is 1. The average Bonchev–Trinajstić information content (AvgIpc) is 3.07. The minimum atomic E-state index is 0.0649. The molecule has 1 fully saturated rings. The van der Waals surface area contributed by atoms with Gasteiger partial charge < -0.3 is 10.2 Å². The van der Waals surface area contributed by atoms with Gasteiger partial charge >= 0.3 is 0 Å². The van der Waals surface area contributed by atoms with Gasteiger partial charge in [-0.2, -0.15) is 0 Å². The zero-order chi connectivity index (χ0) is 15.2. The molecule has 22 heavy (non-hydrogen) atoms. The Balaban J connectivity index is 1.49. The number of aromatic nitrogens is 2. The zero-order valence-corrected chi connectivity index (χ0v) is 13.3. The first-order valence-corrected chi connectivity index (χ1v) is 8.51. The van der Waals surface area contributed by atoms with Crippen molar-refractivity contribution in [2.45, 2.75) is 19.3 Å². The fourth-order valence-corrected chi connectivity index (χ4v) is 3.33. The highest BCUT2D eigenvalue weighted by Crippen LogP contribution is 2.20. The maximum Gasteiger partial charge on any atom is 0.230 e. The van der Waals surface area contributed by atoms with E-state index in [2.05, 4.69) is 32.3 Å². The van der Waals surface area contributed by atoms with Crippen LogP contribution in [0.2, 0.25) is 0 Å². The molecule has 0 radical (unpaired) electrons. The Kier molecular flexibility index (Phi) is 5.13. The van der Waals surface area contributed by atoms with Crippen LogP contribution in [0.1, 0.15) is 18.4 Å². The van der Waals surface area contributed by atoms with Crippen molar-refractivity contribution in [3.05, 3.63) is 41.7 Å². The van der Waals surface area contributed by atoms with Crippen LogP contribution in [0.4, 0.5) is 5.13 Å². The van der Waals surface area contributed by atoms with Gasteiger partial charge in [-0.3, -0.25) is 9.78 Å². The van der Waals surface area contributed by atoms with Crippen molar-refractivity contribution in [2.24, 2.45) is 5.92 Å². The Morgan fingerprint density at radius 2 is 2.23 bits per heavy atom. The highest BCUT2D eigenvalue weighted by atomic mass is 32.1. The summed E-state index contributed by atoms with van der Waals surface area (Å²) in [6, 6.07) is 4.10. The summed E-state index contributed by atoms with van der Waals surface area (Å²) in [4.78, 5) is 22.8. The monoisotopic (exact) mass is 316 g/mol. The summed E-state index contributed by atoms with van der Waals surface area (Å²) in [5.41, 5.74) is 1.30. The van der Waals surface area contributed by atoms with Gasteiger partial charge in [0, 0.05) is 37.1 Å². The molecule has 0 bridgehead atoms. The number of carbonyl (C=O) groups is 1. The Morgan fingerprint density at radius 1 is 1.36 bits per heavy atom. The van der Waals surface area contributed by atoms with Gasteiger partial charge in [0.25, 0.3) is 0 Å². The molecule has 1 aliphatic heterocycles. The number of hydrogen-bond acceptors (Lipinski definition) is 5. The molecule has 1 unspecified atom stereocenters. The maximum atomic E-state index is 12.3. The predicted octanol–water partition coefficient (Wildman–Crippen LogP) is 2.43. The first-order chi connectivity index (χ1) is 10.8. The van der Waals surface area contributed by atoms with E-state index < -0.39 is 0 Å². The normalized spacial score (nSPS) is 19.0. The maximum absolute atomic E-state index is 12.3. The lowest BCUT2D eigenvalue weighted by Crippen LogP contribution is -2.41. The number of likely N-dealkylation sites (tertiary alicyclic amines) is 1. The molecule has 2 aromatic heterocycles. The fraction of sp³-hybridized carbons (Fsp3) is 0.438. The predicted molar refractivity (Wildman–Crippen MR) is 87.8 cm³/mol. The molecule has 6 heteroatoms. The Bertz CT molecular complexity index is 587. The van der Waals surface area contributed by atoms with Crippen molar-refractivity contribution in [1.82, 2.24) is 14.9 Å². The van der Waals surface area contributed by atoms with Crippen LogP contribution >= 0.6 is 11.3 Å². The molecule has 3 rings (SSSR count). The minimum absolute atomic E-state index is 0.0649. The number of anilines is 1. The molecule has 0 aliphatic carbocycles. The lowest BCUT2D eigenvalue weighted by Gasteiger charge is -2.31. The summed E-state index contributed by atoms with van der Waals surface area (Å²) in [5, 5.41) is 5.49. The van der Waals surface area contributed by atoms with Gasteiger partial charge in [0.15, 0.2) is 5.13 Å². The third-order valence-corrected chi connectivity index (χ3v) is 4.69. The van der Waals surface area contributed by atoms with E-state index >= 15 is 0 Å². The lowest BCUT2D eigenvalue weighted by atomic mass is 9.97. The van der Waals surface area contributed by atoms with E-state index in [0.717, 1.165) is 38.9 Å². The van der Waals surface area contributed by atoms with E-state index in [9.17, 15) is 4.79 Å². The van der Waals surface area contributed by atoms with Crippen molar-refractivity contribution in [3.8, 4) is 0 Å². The van der Waals surface area contributed by atoms with Crippen LogP contribution < -0.4 is 5.32 Å². The zero-order valence-electron chi connectivity index (χ0n) is 12.4. The standard InChI is InChI=1S/C16H20N4OS/c21-15(19-16-18-8-11-22-16)14-2-1-9-20(12-14)10-5-13-3-6-17-7-4-13/h3-4,6-8,11,14H,1-2,5,9-10,12H2,(H,18,19,21). The number of piperidine rings is 1. The third-order valence-electron chi connectivity index (χ3n) is 4.00. The Labute approximate surface area is 134 Å². The molecule has 5 nitrogen and oxygen atoms in total. The van der Waals surface area contributed by atoms with Crippen molar-refractivity contribution >= 4 is 22.4 Å². The summed E-state index contributed by atoms with van der Waals surface area (Å²) in [7, 11) is 0. The van der Waals surface area contributed by atoms with Gasteiger partial charge in [-0.15, -0.1) is 11.3 Å². The molecule has 1 atom stereocenters. The van der Waals surface area contributed by atoms with Crippen molar-refractivity contribution < 1.29 is 4.79 Å². The molecule has 0 aromatic carbocycles. The number of nitrogens with one attached hydrogen (secondary N) is 1. The van der Waals surface area contributed by atoms with E-state index in [-0.39, 0.29) is 11.8 Å². The topological polar surface area (TPSA) is 58.1 Å². The quantitative estimate of drug-likeness (QED) is 0.920. The molecule has 0 spiro atoms. The van der Waals surface area contributed by atoms with Crippen LogP contribution in [0.25, 0.3) is 0 Å². The van der Waals surface area contributed by atoms with Gasteiger partial charge in [0.2, 0.25) is 5.91 Å². The average molecular weight is 316 g/mol. The summed E-state index contributed by atoms with van der Waals surface area (Å²) >= 11 is 1.46. The molecule has 1 aliphatic rings. The number of pyridine rings is 1. The van der Waals surface area contributed by atoms with Gasteiger partial charge in [0.1, 0.15) is 0 Å². The molecular weight excluding hydrogens is 296 g/mol.